The number of hydrogen-bond acceptors (Lipinski definition) is 3. The van der Waals surface area contributed by atoms with E-state index in [9.17, 15) is 9.59 Å². The maximum absolute atomic E-state index is 12.5. The summed E-state index contributed by atoms with van der Waals surface area (Å²) in [5.74, 6) is 1.10. The fourth-order valence-corrected chi connectivity index (χ4v) is 4.37. The molecule has 0 aromatic carbocycles. The van der Waals surface area contributed by atoms with Gasteiger partial charge in [-0.05, 0) is 56.8 Å². The van der Waals surface area contributed by atoms with Crippen molar-refractivity contribution < 1.29 is 9.59 Å². The van der Waals surface area contributed by atoms with E-state index in [0.717, 1.165) is 51.5 Å². The third-order valence-electron chi connectivity index (χ3n) is 5.64. The number of carbonyl (C=O) groups is 2. The Bertz CT molecular complexity index is 398. The van der Waals surface area contributed by atoms with Crippen LogP contribution in [0.2, 0.25) is 0 Å². The van der Waals surface area contributed by atoms with Crippen LogP contribution in [-0.2, 0) is 9.59 Å². The second kappa shape index (κ2) is 6.34. The predicted octanol–water partition coefficient (Wildman–Crippen LogP) is 0.925. The van der Waals surface area contributed by atoms with Crippen molar-refractivity contribution in [2.24, 2.45) is 23.5 Å². The minimum Gasteiger partial charge on any atom is -0.354 e. The van der Waals surface area contributed by atoms with Gasteiger partial charge in [-0.15, -0.1) is 0 Å². The van der Waals surface area contributed by atoms with Gasteiger partial charge in [0, 0.05) is 18.5 Å². The molecule has 4 N–H and O–H groups in total. The number of carbonyl (C=O) groups excluding carboxylic acids is 2. The number of amides is 2. The van der Waals surface area contributed by atoms with E-state index < -0.39 is 0 Å². The monoisotopic (exact) mass is 293 g/mol. The van der Waals surface area contributed by atoms with Gasteiger partial charge in [0.25, 0.3) is 0 Å². The summed E-state index contributed by atoms with van der Waals surface area (Å²) in [4.78, 5) is 24.5. The average Bonchev–Trinajstić information content (AvgIpc) is 2.64. The molecule has 3 aliphatic rings. The SMILES string of the molecule is NC1C2CCCC1CC(C(=O)NC1CCCCNC1=O)C2. The van der Waals surface area contributed by atoms with E-state index in [4.69, 9.17) is 5.73 Å². The van der Waals surface area contributed by atoms with Gasteiger partial charge in [-0.2, -0.15) is 0 Å². The lowest BCUT2D eigenvalue weighted by molar-refractivity contribution is -0.133. The van der Waals surface area contributed by atoms with E-state index >= 15 is 0 Å². The van der Waals surface area contributed by atoms with Gasteiger partial charge in [0.15, 0.2) is 0 Å². The molecule has 3 unspecified atom stereocenters. The van der Waals surface area contributed by atoms with E-state index in [2.05, 4.69) is 10.6 Å². The number of fused-ring (bicyclic) bond motifs is 2. The summed E-state index contributed by atoms with van der Waals surface area (Å²) in [6.45, 7) is 0.730. The zero-order valence-electron chi connectivity index (χ0n) is 12.6. The van der Waals surface area contributed by atoms with Gasteiger partial charge in [0.05, 0.1) is 0 Å². The largest absolute Gasteiger partial charge is 0.354 e. The van der Waals surface area contributed by atoms with Crippen LogP contribution in [-0.4, -0.2) is 30.4 Å². The normalized spacial score (nSPS) is 40.0. The first kappa shape index (κ1) is 14.8. The summed E-state index contributed by atoms with van der Waals surface area (Å²) in [6.07, 6.45) is 8.12. The summed E-state index contributed by atoms with van der Waals surface area (Å²) in [7, 11) is 0. The number of nitrogens with two attached hydrogens (primary N) is 1. The van der Waals surface area contributed by atoms with Crippen molar-refractivity contribution in [1.82, 2.24) is 10.6 Å². The highest BCUT2D eigenvalue weighted by molar-refractivity contribution is 5.88. The Balaban J connectivity index is 1.59. The Hall–Kier alpha value is -1.10. The molecule has 118 valence electrons. The second-order valence-electron chi connectivity index (χ2n) is 7.04. The van der Waals surface area contributed by atoms with Crippen LogP contribution in [0.4, 0.5) is 0 Å². The lowest BCUT2D eigenvalue weighted by atomic mass is 9.65. The molecule has 0 aromatic heterocycles. The number of rotatable bonds is 2. The first-order chi connectivity index (χ1) is 10.1. The highest BCUT2D eigenvalue weighted by Gasteiger charge is 2.41. The predicted molar refractivity (Wildman–Crippen MR) is 80.3 cm³/mol. The molecule has 5 nitrogen and oxygen atoms in total. The third-order valence-corrected chi connectivity index (χ3v) is 5.64. The summed E-state index contributed by atoms with van der Waals surface area (Å²) < 4.78 is 0. The fourth-order valence-electron chi connectivity index (χ4n) is 4.37. The van der Waals surface area contributed by atoms with Crippen molar-refractivity contribution in [3.8, 4) is 0 Å². The van der Waals surface area contributed by atoms with Gasteiger partial charge < -0.3 is 16.4 Å². The van der Waals surface area contributed by atoms with Crippen molar-refractivity contribution in [3.63, 3.8) is 0 Å². The van der Waals surface area contributed by atoms with Gasteiger partial charge in [0.2, 0.25) is 11.8 Å². The summed E-state index contributed by atoms with van der Waals surface area (Å²) in [5, 5.41) is 5.87. The molecular formula is C16H27N3O2. The van der Waals surface area contributed by atoms with E-state index in [0.29, 0.717) is 11.8 Å². The van der Waals surface area contributed by atoms with Crippen LogP contribution >= 0.6 is 0 Å². The van der Waals surface area contributed by atoms with Crippen LogP contribution < -0.4 is 16.4 Å². The molecular weight excluding hydrogens is 266 g/mol. The molecule has 21 heavy (non-hydrogen) atoms. The standard InChI is InChI=1S/C16H27N3O2/c17-14-10-4-3-5-11(14)9-12(8-10)15(20)19-13-6-1-2-7-18-16(13)21/h10-14H,1-9,17H2,(H,18,21)(H,19,20). The zero-order valence-corrected chi connectivity index (χ0v) is 12.6. The molecule has 5 heteroatoms. The summed E-state index contributed by atoms with van der Waals surface area (Å²) in [6, 6.07) is -0.0561. The van der Waals surface area contributed by atoms with Gasteiger partial charge in [-0.1, -0.05) is 6.42 Å². The number of hydrogen-bond donors (Lipinski definition) is 3. The Morgan fingerprint density at radius 3 is 2.52 bits per heavy atom. The molecule has 2 bridgehead atoms. The maximum atomic E-state index is 12.5. The van der Waals surface area contributed by atoms with Crippen LogP contribution in [0, 0.1) is 17.8 Å². The minimum atomic E-state index is -0.338. The van der Waals surface area contributed by atoms with Crippen LogP contribution in [0.5, 0.6) is 0 Å². The Morgan fingerprint density at radius 1 is 1.10 bits per heavy atom. The minimum absolute atomic E-state index is 0.0199. The van der Waals surface area contributed by atoms with Crippen LogP contribution in [0.3, 0.4) is 0 Å². The molecule has 2 aliphatic carbocycles. The molecule has 0 aromatic rings. The molecule has 0 radical (unpaired) electrons. The molecule has 2 amide bonds. The lowest BCUT2D eigenvalue weighted by Crippen LogP contribution is -2.52. The van der Waals surface area contributed by atoms with E-state index in [1.807, 2.05) is 0 Å². The van der Waals surface area contributed by atoms with Gasteiger partial charge >= 0.3 is 0 Å². The van der Waals surface area contributed by atoms with E-state index in [1.165, 1.54) is 6.42 Å². The quantitative estimate of drug-likeness (QED) is 0.708. The summed E-state index contributed by atoms with van der Waals surface area (Å²) >= 11 is 0. The fraction of sp³-hybridized carbons (Fsp3) is 0.875. The summed E-state index contributed by atoms with van der Waals surface area (Å²) in [5.41, 5.74) is 6.28. The Morgan fingerprint density at radius 2 is 1.81 bits per heavy atom. The Kier molecular flexibility index (Phi) is 4.48. The number of nitrogens with one attached hydrogen (secondary N) is 2. The highest BCUT2D eigenvalue weighted by atomic mass is 16.2. The van der Waals surface area contributed by atoms with Crippen molar-refractivity contribution in [3.05, 3.63) is 0 Å². The van der Waals surface area contributed by atoms with Crippen LogP contribution in [0.15, 0.2) is 0 Å². The van der Waals surface area contributed by atoms with Crippen LogP contribution in [0.25, 0.3) is 0 Å². The molecule has 1 saturated heterocycles. The Labute approximate surface area is 126 Å². The van der Waals surface area contributed by atoms with Crippen molar-refractivity contribution in [2.75, 3.05) is 6.54 Å². The van der Waals surface area contributed by atoms with Crippen molar-refractivity contribution in [2.45, 2.75) is 63.5 Å². The molecule has 1 aliphatic heterocycles. The van der Waals surface area contributed by atoms with Crippen molar-refractivity contribution in [1.29, 1.82) is 0 Å². The molecule has 3 atom stereocenters. The zero-order chi connectivity index (χ0) is 14.8. The lowest BCUT2D eigenvalue weighted by Gasteiger charge is -2.43. The molecule has 2 saturated carbocycles. The molecule has 0 spiro atoms. The molecule has 3 rings (SSSR count). The van der Waals surface area contributed by atoms with Gasteiger partial charge in [-0.25, -0.2) is 0 Å². The van der Waals surface area contributed by atoms with Crippen molar-refractivity contribution >= 4 is 11.8 Å². The first-order valence-electron chi connectivity index (χ1n) is 8.49. The first-order valence-corrected chi connectivity index (χ1v) is 8.49. The molecule has 1 heterocycles. The second-order valence-corrected chi connectivity index (χ2v) is 7.04. The highest BCUT2D eigenvalue weighted by Crippen LogP contribution is 2.41. The smallest absolute Gasteiger partial charge is 0.242 e. The molecule has 3 fully saturated rings. The average molecular weight is 293 g/mol. The van der Waals surface area contributed by atoms with E-state index in [1.54, 1.807) is 0 Å². The maximum Gasteiger partial charge on any atom is 0.242 e. The van der Waals surface area contributed by atoms with Crippen LogP contribution in [0.1, 0.15) is 51.4 Å². The third kappa shape index (κ3) is 3.23. The van der Waals surface area contributed by atoms with E-state index in [-0.39, 0.29) is 29.8 Å². The van der Waals surface area contributed by atoms with Gasteiger partial charge in [-0.3, -0.25) is 9.59 Å². The van der Waals surface area contributed by atoms with Gasteiger partial charge in [0.1, 0.15) is 6.04 Å². The topological polar surface area (TPSA) is 84.2 Å².